The van der Waals surface area contributed by atoms with Crippen LogP contribution in [0.15, 0.2) is 72.8 Å². The molecule has 0 saturated heterocycles. The van der Waals surface area contributed by atoms with E-state index in [0.717, 1.165) is 52.9 Å². The van der Waals surface area contributed by atoms with Gasteiger partial charge in [-0.3, -0.25) is 13.9 Å². The Kier molecular flexibility index (Phi) is 10.7. The molecular formula is C33H41N3O6S. The highest BCUT2D eigenvalue weighted by Crippen LogP contribution is 2.32. The fourth-order valence-corrected chi connectivity index (χ4v) is 6.36. The van der Waals surface area contributed by atoms with Crippen LogP contribution in [0.3, 0.4) is 0 Å². The maximum Gasteiger partial charge on any atom is 0.244 e. The highest BCUT2D eigenvalue weighted by molar-refractivity contribution is 7.92. The maximum absolute atomic E-state index is 14.3. The summed E-state index contributed by atoms with van der Waals surface area (Å²) in [7, 11) is -0.960. The van der Waals surface area contributed by atoms with Crippen molar-refractivity contribution in [1.82, 2.24) is 10.2 Å². The Morgan fingerprint density at radius 1 is 0.907 bits per heavy atom. The predicted molar refractivity (Wildman–Crippen MR) is 168 cm³/mol. The molecule has 1 fully saturated rings. The lowest BCUT2D eigenvalue weighted by Crippen LogP contribution is -2.54. The summed E-state index contributed by atoms with van der Waals surface area (Å²) < 4.78 is 37.9. The highest BCUT2D eigenvalue weighted by Gasteiger charge is 2.34. The fourth-order valence-electron chi connectivity index (χ4n) is 5.52. The number of rotatable bonds is 13. The molecule has 0 heterocycles. The number of nitrogens with zero attached hydrogens (tertiary/aromatic N) is 2. The minimum atomic E-state index is -3.91. The van der Waals surface area contributed by atoms with Gasteiger partial charge in [-0.05, 0) is 43.0 Å². The van der Waals surface area contributed by atoms with Crippen LogP contribution in [-0.2, 0) is 32.6 Å². The molecule has 0 radical (unpaired) electrons. The SMILES string of the molecule is COc1ccc(N(CC(=O)N(Cc2cccc(C)c2)[C@H](Cc2ccccc2)C(=O)NC2CCCC2)S(C)(=O)=O)cc1OC. The van der Waals surface area contributed by atoms with Gasteiger partial charge in [0, 0.05) is 25.1 Å². The van der Waals surface area contributed by atoms with Crippen molar-refractivity contribution in [1.29, 1.82) is 0 Å². The highest BCUT2D eigenvalue weighted by atomic mass is 32.2. The second-order valence-corrected chi connectivity index (χ2v) is 12.9. The van der Waals surface area contributed by atoms with Crippen LogP contribution in [0.1, 0.15) is 42.4 Å². The number of ether oxygens (including phenoxy) is 2. The van der Waals surface area contributed by atoms with Gasteiger partial charge in [-0.25, -0.2) is 8.42 Å². The number of methoxy groups -OCH3 is 2. The summed E-state index contributed by atoms with van der Waals surface area (Å²) in [6, 6.07) is 21.2. The Labute approximate surface area is 254 Å². The Morgan fingerprint density at radius 3 is 2.21 bits per heavy atom. The van der Waals surface area contributed by atoms with Crippen molar-refractivity contribution >= 4 is 27.5 Å². The van der Waals surface area contributed by atoms with Crippen LogP contribution < -0.4 is 19.1 Å². The van der Waals surface area contributed by atoms with E-state index in [9.17, 15) is 18.0 Å². The number of sulfonamides is 1. The number of nitrogens with one attached hydrogen (secondary N) is 1. The molecule has 0 aliphatic heterocycles. The lowest BCUT2D eigenvalue weighted by Gasteiger charge is -2.34. The number of hydrogen-bond donors (Lipinski definition) is 1. The van der Waals surface area contributed by atoms with Gasteiger partial charge in [0.15, 0.2) is 11.5 Å². The van der Waals surface area contributed by atoms with Crippen molar-refractivity contribution in [2.75, 3.05) is 31.3 Å². The van der Waals surface area contributed by atoms with Gasteiger partial charge >= 0.3 is 0 Å². The van der Waals surface area contributed by atoms with Crippen LogP contribution in [-0.4, -0.2) is 64.2 Å². The first kappa shape index (κ1) is 31.9. The van der Waals surface area contributed by atoms with E-state index in [2.05, 4.69) is 5.32 Å². The number of amides is 2. The molecule has 0 bridgehead atoms. The molecule has 1 aliphatic rings. The molecule has 0 unspecified atom stereocenters. The van der Waals surface area contributed by atoms with Gasteiger partial charge in [0.2, 0.25) is 21.8 Å². The molecule has 2 amide bonds. The van der Waals surface area contributed by atoms with E-state index in [4.69, 9.17) is 9.47 Å². The van der Waals surface area contributed by atoms with Crippen LogP contribution in [0.25, 0.3) is 0 Å². The normalized spacial score (nSPS) is 14.1. The van der Waals surface area contributed by atoms with Crippen LogP contribution in [0.5, 0.6) is 11.5 Å². The van der Waals surface area contributed by atoms with E-state index in [0.29, 0.717) is 11.5 Å². The van der Waals surface area contributed by atoms with Crippen LogP contribution in [0, 0.1) is 6.92 Å². The van der Waals surface area contributed by atoms with Crippen molar-refractivity contribution in [2.24, 2.45) is 0 Å². The van der Waals surface area contributed by atoms with Crippen LogP contribution in [0.4, 0.5) is 5.69 Å². The Bertz CT molecular complexity index is 1510. The second kappa shape index (κ2) is 14.4. The van der Waals surface area contributed by atoms with Crippen molar-refractivity contribution in [3.8, 4) is 11.5 Å². The van der Waals surface area contributed by atoms with E-state index in [1.807, 2.05) is 61.5 Å². The largest absolute Gasteiger partial charge is 0.493 e. The lowest BCUT2D eigenvalue weighted by atomic mass is 10.0. The van der Waals surface area contributed by atoms with Gasteiger partial charge in [0.1, 0.15) is 12.6 Å². The first-order chi connectivity index (χ1) is 20.6. The Morgan fingerprint density at radius 2 is 1.58 bits per heavy atom. The van der Waals surface area contributed by atoms with Gasteiger partial charge in [-0.1, -0.05) is 73.0 Å². The first-order valence-electron chi connectivity index (χ1n) is 14.5. The molecule has 1 saturated carbocycles. The minimum absolute atomic E-state index is 0.0565. The number of benzene rings is 3. The number of hydrogen-bond acceptors (Lipinski definition) is 6. The van der Waals surface area contributed by atoms with Gasteiger partial charge in [0.25, 0.3) is 0 Å². The first-order valence-corrected chi connectivity index (χ1v) is 16.3. The summed E-state index contributed by atoms with van der Waals surface area (Å²) in [5.74, 6) is 0.0206. The average Bonchev–Trinajstić information content (AvgIpc) is 3.50. The molecule has 9 nitrogen and oxygen atoms in total. The smallest absolute Gasteiger partial charge is 0.244 e. The van der Waals surface area contributed by atoms with Gasteiger partial charge < -0.3 is 19.7 Å². The molecule has 10 heteroatoms. The van der Waals surface area contributed by atoms with E-state index < -0.39 is 28.5 Å². The second-order valence-electron chi connectivity index (χ2n) is 11.0. The number of carbonyl (C=O) groups excluding carboxylic acids is 2. The Hall–Kier alpha value is -4.05. The molecule has 0 spiro atoms. The van der Waals surface area contributed by atoms with Crippen LogP contribution in [0.2, 0.25) is 0 Å². The molecule has 3 aromatic rings. The zero-order valence-corrected chi connectivity index (χ0v) is 26.1. The molecule has 3 aromatic carbocycles. The van der Waals surface area contributed by atoms with E-state index >= 15 is 0 Å². The third kappa shape index (κ3) is 8.50. The average molecular weight is 608 g/mol. The van der Waals surface area contributed by atoms with Crippen molar-refractivity contribution in [3.05, 3.63) is 89.5 Å². The lowest BCUT2D eigenvalue weighted by molar-refractivity contribution is -0.140. The maximum atomic E-state index is 14.3. The van der Waals surface area contributed by atoms with Crippen molar-refractivity contribution in [3.63, 3.8) is 0 Å². The predicted octanol–water partition coefficient (Wildman–Crippen LogP) is 4.48. The zero-order chi connectivity index (χ0) is 31.0. The third-order valence-corrected chi connectivity index (χ3v) is 8.88. The molecule has 0 aromatic heterocycles. The van der Waals surface area contributed by atoms with Crippen molar-refractivity contribution < 1.29 is 27.5 Å². The van der Waals surface area contributed by atoms with Crippen LogP contribution >= 0.6 is 0 Å². The van der Waals surface area contributed by atoms with E-state index in [1.165, 1.54) is 25.2 Å². The van der Waals surface area contributed by atoms with E-state index in [1.54, 1.807) is 12.1 Å². The van der Waals surface area contributed by atoms with Gasteiger partial charge in [0.05, 0.1) is 26.2 Å². The minimum Gasteiger partial charge on any atom is -0.493 e. The molecule has 1 N–H and O–H groups in total. The molecular weight excluding hydrogens is 566 g/mol. The van der Waals surface area contributed by atoms with Gasteiger partial charge in [-0.2, -0.15) is 0 Å². The quantitative estimate of drug-likeness (QED) is 0.307. The summed E-state index contributed by atoms with van der Waals surface area (Å²) in [4.78, 5) is 29.8. The molecule has 1 aliphatic carbocycles. The molecule has 43 heavy (non-hydrogen) atoms. The monoisotopic (exact) mass is 607 g/mol. The van der Waals surface area contributed by atoms with Crippen molar-refractivity contribution in [2.45, 2.75) is 57.7 Å². The summed E-state index contributed by atoms with van der Waals surface area (Å²) in [6.07, 6.45) is 5.24. The number of carbonyl (C=O) groups is 2. The molecule has 4 rings (SSSR count). The summed E-state index contributed by atoms with van der Waals surface area (Å²) >= 11 is 0. The number of anilines is 1. The van der Waals surface area contributed by atoms with E-state index in [-0.39, 0.29) is 30.6 Å². The summed E-state index contributed by atoms with van der Waals surface area (Å²) in [5.41, 5.74) is 3.01. The molecule has 1 atom stereocenters. The summed E-state index contributed by atoms with van der Waals surface area (Å²) in [6.45, 7) is 1.61. The molecule has 230 valence electrons. The third-order valence-electron chi connectivity index (χ3n) is 7.74. The van der Waals surface area contributed by atoms with Gasteiger partial charge in [-0.15, -0.1) is 0 Å². The topological polar surface area (TPSA) is 105 Å². The fraction of sp³-hybridized carbons (Fsp3) is 0.394. The number of aryl methyl sites for hydroxylation is 1. The summed E-state index contributed by atoms with van der Waals surface area (Å²) in [5, 5.41) is 3.18. The standard InChI is InChI=1S/C33H41N3O6S/c1-24-11-10-14-26(19-24)22-35(29(20-25-12-6-5-7-13-25)33(38)34-27-15-8-9-16-27)32(37)23-36(43(4,39)40)28-17-18-30(41-2)31(21-28)42-3/h5-7,10-14,17-19,21,27,29H,8-9,15-16,20,22-23H2,1-4H3,(H,34,38)/t29-/m1/s1. The Balaban J connectivity index is 1.74. The zero-order valence-electron chi connectivity index (χ0n) is 25.3.